The number of carbonyl (C=O) groups excluding carboxylic acids is 2. The molecular weight excluding hydrogens is 400 g/mol. The molecule has 1 heterocycles. The van der Waals surface area contributed by atoms with Crippen LogP contribution in [0.1, 0.15) is 41.2 Å². The van der Waals surface area contributed by atoms with Gasteiger partial charge in [-0.25, -0.2) is 0 Å². The molecule has 3 aromatic carbocycles. The summed E-state index contributed by atoms with van der Waals surface area (Å²) in [7, 11) is 0. The average Bonchev–Trinajstić information content (AvgIpc) is 3.53. The number of carbonyl (C=O) groups is 2. The van der Waals surface area contributed by atoms with E-state index in [1.54, 1.807) is 18.2 Å². The van der Waals surface area contributed by atoms with Gasteiger partial charge in [0.25, 0.3) is 11.8 Å². The van der Waals surface area contributed by atoms with Crippen molar-refractivity contribution in [2.75, 3.05) is 10.3 Å². The fourth-order valence-corrected chi connectivity index (χ4v) is 3.88. The molecular formula is C26H24N4O2. The molecule has 0 spiro atoms. The lowest BCUT2D eigenvalue weighted by molar-refractivity contribution is -0.110. The quantitative estimate of drug-likeness (QED) is 0.611. The highest BCUT2D eigenvalue weighted by molar-refractivity contribution is 6.44. The third-order valence-corrected chi connectivity index (χ3v) is 5.71. The minimum atomic E-state index is -0.295. The molecule has 0 radical (unpaired) electrons. The molecule has 1 atom stereocenters. The van der Waals surface area contributed by atoms with Crippen LogP contribution in [0.3, 0.4) is 0 Å². The number of hydrazone groups is 1. The minimum absolute atomic E-state index is 0.0761. The van der Waals surface area contributed by atoms with Crippen LogP contribution >= 0.6 is 0 Å². The zero-order valence-electron chi connectivity index (χ0n) is 17.6. The van der Waals surface area contributed by atoms with Crippen LogP contribution in [-0.2, 0) is 4.79 Å². The molecule has 2 amide bonds. The number of rotatable bonds is 6. The summed E-state index contributed by atoms with van der Waals surface area (Å²) in [5, 5.41) is 12.5. The molecule has 2 N–H and O–H groups in total. The summed E-state index contributed by atoms with van der Waals surface area (Å²) < 4.78 is 0. The topological polar surface area (TPSA) is 73.8 Å². The molecule has 1 aliphatic carbocycles. The number of amides is 2. The number of anilines is 2. The number of hydrogen-bond donors (Lipinski definition) is 2. The number of hydrogen-bond acceptors (Lipinski definition) is 4. The molecule has 0 bridgehead atoms. The Bertz CT molecular complexity index is 1160. The van der Waals surface area contributed by atoms with Gasteiger partial charge >= 0.3 is 0 Å². The van der Waals surface area contributed by atoms with Crippen LogP contribution in [-0.4, -0.2) is 23.6 Å². The number of benzene rings is 3. The molecule has 6 heteroatoms. The smallest absolute Gasteiger partial charge is 0.271 e. The van der Waals surface area contributed by atoms with Gasteiger partial charge in [0.15, 0.2) is 0 Å². The van der Waals surface area contributed by atoms with E-state index >= 15 is 0 Å². The van der Waals surface area contributed by atoms with Crippen LogP contribution < -0.4 is 15.6 Å². The Hall–Kier alpha value is -3.93. The first-order valence-corrected chi connectivity index (χ1v) is 10.9. The molecule has 3 aromatic rings. The zero-order valence-corrected chi connectivity index (χ0v) is 17.6. The van der Waals surface area contributed by atoms with Crippen molar-refractivity contribution >= 4 is 28.9 Å². The van der Waals surface area contributed by atoms with Crippen LogP contribution in [0.4, 0.5) is 11.4 Å². The number of nitrogens with zero attached hydrogens (tertiary/aromatic N) is 2. The van der Waals surface area contributed by atoms with Gasteiger partial charge in [-0.3, -0.25) is 14.6 Å². The van der Waals surface area contributed by atoms with E-state index in [2.05, 4.69) is 27.9 Å². The van der Waals surface area contributed by atoms with E-state index < -0.39 is 0 Å². The van der Waals surface area contributed by atoms with Gasteiger partial charge in [-0.05, 0) is 42.7 Å². The predicted molar refractivity (Wildman–Crippen MR) is 126 cm³/mol. The summed E-state index contributed by atoms with van der Waals surface area (Å²) in [5.74, 6) is -0.458. The molecule has 0 aromatic heterocycles. The summed E-state index contributed by atoms with van der Waals surface area (Å²) in [4.78, 5) is 25.8. The Morgan fingerprint density at radius 1 is 0.812 bits per heavy atom. The van der Waals surface area contributed by atoms with E-state index in [4.69, 9.17) is 0 Å². The van der Waals surface area contributed by atoms with Gasteiger partial charge in [0, 0.05) is 12.5 Å². The van der Waals surface area contributed by atoms with Gasteiger partial charge in [0.05, 0.1) is 23.0 Å². The maximum Gasteiger partial charge on any atom is 0.271 e. The third kappa shape index (κ3) is 4.25. The van der Waals surface area contributed by atoms with E-state index in [0.717, 1.165) is 24.1 Å². The van der Waals surface area contributed by atoms with Gasteiger partial charge in [-0.2, -0.15) is 5.10 Å². The lowest BCUT2D eigenvalue weighted by Crippen LogP contribution is -2.28. The fraction of sp³-hybridized carbons (Fsp3) is 0.192. The fourth-order valence-electron chi connectivity index (χ4n) is 3.88. The Kier molecular flexibility index (Phi) is 5.42. The largest absolute Gasteiger partial charge is 0.349 e. The zero-order chi connectivity index (χ0) is 21.9. The van der Waals surface area contributed by atoms with Crippen molar-refractivity contribution in [1.29, 1.82) is 0 Å². The normalized spacial score (nSPS) is 17.6. The predicted octanol–water partition coefficient (Wildman–Crippen LogP) is 4.52. The van der Waals surface area contributed by atoms with Crippen LogP contribution in [0, 0.1) is 0 Å². The second-order valence-electron chi connectivity index (χ2n) is 8.10. The molecule has 0 saturated heterocycles. The summed E-state index contributed by atoms with van der Waals surface area (Å²) >= 11 is 0. The highest BCUT2D eigenvalue weighted by atomic mass is 16.2. The van der Waals surface area contributed by atoms with E-state index in [1.807, 2.05) is 59.6 Å². The van der Waals surface area contributed by atoms with Crippen molar-refractivity contribution in [2.24, 2.45) is 5.10 Å². The summed E-state index contributed by atoms with van der Waals surface area (Å²) in [5.41, 5.74) is 3.40. The van der Waals surface area contributed by atoms with Crippen molar-refractivity contribution < 1.29 is 9.59 Å². The first-order chi connectivity index (χ1) is 15.7. The van der Waals surface area contributed by atoms with Gasteiger partial charge in [0.2, 0.25) is 0 Å². The van der Waals surface area contributed by atoms with Crippen molar-refractivity contribution in [3.63, 3.8) is 0 Å². The average molecular weight is 425 g/mol. The van der Waals surface area contributed by atoms with Crippen molar-refractivity contribution in [1.82, 2.24) is 5.32 Å². The SMILES string of the molecule is O=C(Nc1ccccc1C(=O)NC1CC1)C1=NN(c2ccccc2)[C@@H](c2ccccc2)C1. The molecule has 0 unspecified atom stereocenters. The number of para-hydroxylation sites is 2. The maximum absolute atomic E-state index is 13.2. The van der Waals surface area contributed by atoms with Crippen LogP contribution in [0.15, 0.2) is 90.0 Å². The lowest BCUT2D eigenvalue weighted by atomic mass is 10.0. The van der Waals surface area contributed by atoms with Crippen molar-refractivity contribution in [3.05, 3.63) is 96.1 Å². The summed E-state index contributed by atoms with van der Waals surface area (Å²) in [6, 6.07) is 27.2. The molecule has 1 fully saturated rings. The molecule has 32 heavy (non-hydrogen) atoms. The highest BCUT2D eigenvalue weighted by Crippen LogP contribution is 2.35. The van der Waals surface area contributed by atoms with E-state index in [0.29, 0.717) is 23.4 Å². The van der Waals surface area contributed by atoms with Gasteiger partial charge in [-0.1, -0.05) is 60.7 Å². The second-order valence-corrected chi connectivity index (χ2v) is 8.10. The highest BCUT2D eigenvalue weighted by Gasteiger charge is 2.33. The molecule has 160 valence electrons. The summed E-state index contributed by atoms with van der Waals surface area (Å²) in [6.45, 7) is 0. The van der Waals surface area contributed by atoms with Gasteiger partial charge in [-0.15, -0.1) is 0 Å². The van der Waals surface area contributed by atoms with Crippen molar-refractivity contribution in [2.45, 2.75) is 31.3 Å². The van der Waals surface area contributed by atoms with Gasteiger partial charge in [0.1, 0.15) is 5.71 Å². The Labute approximate surface area is 187 Å². The van der Waals surface area contributed by atoms with E-state index in [-0.39, 0.29) is 23.9 Å². The van der Waals surface area contributed by atoms with Crippen LogP contribution in [0.25, 0.3) is 0 Å². The standard InChI is InChI=1S/C26H24N4O2/c31-25(27-19-15-16-19)21-13-7-8-14-22(21)28-26(32)23-17-24(18-9-3-1-4-10-18)30(29-23)20-11-5-2-6-12-20/h1-14,19,24H,15-17H2,(H,27,31)(H,28,32)/t24-/m1/s1. The second kappa shape index (κ2) is 8.67. The van der Waals surface area contributed by atoms with Crippen LogP contribution in [0.2, 0.25) is 0 Å². The lowest BCUT2D eigenvalue weighted by Gasteiger charge is -2.23. The molecule has 1 aliphatic heterocycles. The molecule has 2 aliphatic rings. The van der Waals surface area contributed by atoms with E-state index in [9.17, 15) is 9.59 Å². The molecule has 5 rings (SSSR count). The van der Waals surface area contributed by atoms with Crippen molar-refractivity contribution in [3.8, 4) is 0 Å². The molecule has 1 saturated carbocycles. The van der Waals surface area contributed by atoms with E-state index in [1.165, 1.54) is 0 Å². The Morgan fingerprint density at radius 3 is 2.19 bits per heavy atom. The van der Waals surface area contributed by atoms with Gasteiger partial charge < -0.3 is 10.6 Å². The Balaban J connectivity index is 1.40. The molecule has 6 nitrogen and oxygen atoms in total. The number of nitrogens with one attached hydrogen (secondary N) is 2. The first-order valence-electron chi connectivity index (χ1n) is 10.9. The maximum atomic E-state index is 13.2. The Morgan fingerprint density at radius 2 is 1.47 bits per heavy atom. The third-order valence-electron chi connectivity index (χ3n) is 5.71. The first kappa shape index (κ1) is 20.0. The van der Waals surface area contributed by atoms with Crippen LogP contribution in [0.5, 0.6) is 0 Å². The summed E-state index contributed by atoms with van der Waals surface area (Å²) in [6.07, 6.45) is 2.49. The minimum Gasteiger partial charge on any atom is -0.349 e. The monoisotopic (exact) mass is 424 g/mol.